The van der Waals surface area contributed by atoms with Gasteiger partial charge in [-0.25, -0.2) is 9.79 Å². The van der Waals surface area contributed by atoms with Crippen molar-refractivity contribution in [1.82, 2.24) is 4.90 Å². The molecule has 8 heteroatoms. The molecule has 1 fully saturated rings. The number of methoxy groups -OCH3 is 1. The number of aliphatic imine (C=N–C) groups is 1. The summed E-state index contributed by atoms with van der Waals surface area (Å²) in [6, 6.07) is 4.91. The Labute approximate surface area is 194 Å². The average Bonchev–Trinajstić information content (AvgIpc) is 2.75. The zero-order valence-electron chi connectivity index (χ0n) is 19.6. The Balaban J connectivity index is 2.05. The first-order valence-corrected chi connectivity index (χ1v) is 11.9. The van der Waals surface area contributed by atoms with E-state index >= 15 is 0 Å². The molecule has 32 heavy (non-hydrogen) atoms. The van der Waals surface area contributed by atoms with Crippen LogP contribution in [-0.4, -0.2) is 48.0 Å². The highest BCUT2D eigenvalue weighted by atomic mass is 32.2. The Morgan fingerprint density at radius 2 is 1.91 bits per heavy atom. The van der Waals surface area contributed by atoms with Crippen LogP contribution in [-0.2, 0) is 14.3 Å². The van der Waals surface area contributed by atoms with E-state index in [1.807, 2.05) is 32.0 Å². The number of allylic oxidation sites excluding steroid dienone is 1. The van der Waals surface area contributed by atoms with E-state index in [4.69, 9.17) is 14.2 Å². The molecule has 174 valence electrons. The van der Waals surface area contributed by atoms with Gasteiger partial charge in [0.25, 0.3) is 0 Å². The molecule has 0 saturated carbocycles. The van der Waals surface area contributed by atoms with Crippen LogP contribution < -0.4 is 9.47 Å². The number of fused-ring (bicyclic) bond motifs is 1. The molecule has 0 N–H and O–H groups in total. The predicted molar refractivity (Wildman–Crippen MR) is 126 cm³/mol. The maximum atomic E-state index is 13.1. The van der Waals surface area contributed by atoms with Gasteiger partial charge in [-0.15, -0.1) is 0 Å². The van der Waals surface area contributed by atoms with E-state index in [-0.39, 0.29) is 11.8 Å². The third-order valence-corrected chi connectivity index (χ3v) is 6.00. The normalized spacial score (nSPS) is 18.6. The lowest BCUT2D eigenvalue weighted by atomic mass is 9.93. The first kappa shape index (κ1) is 24.2. The summed E-state index contributed by atoms with van der Waals surface area (Å²) in [4.78, 5) is 32.3. The average molecular weight is 461 g/mol. The second-order valence-corrected chi connectivity index (χ2v) is 9.83. The van der Waals surface area contributed by atoms with Gasteiger partial charge in [0.15, 0.2) is 16.7 Å². The van der Waals surface area contributed by atoms with Crippen molar-refractivity contribution >= 4 is 28.8 Å². The minimum absolute atomic E-state index is 0.0618. The van der Waals surface area contributed by atoms with Gasteiger partial charge in [0.05, 0.1) is 37.6 Å². The molecule has 2 heterocycles. The Bertz CT molecular complexity index is 938. The molecule has 0 aromatic heterocycles. The van der Waals surface area contributed by atoms with Gasteiger partial charge < -0.3 is 14.2 Å². The minimum atomic E-state index is -0.629. The first-order chi connectivity index (χ1) is 15.2. The summed E-state index contributed by atoms with van der Waals surface area (Å²) in [6.45, 7) is 10.8. The number of hydrogen-bond acceptors (Lipinski definition) is 7. The maximum absolute atomic E-state index is 13.1. The maximum Gasteiger partial charge on any atom is 0.338 e. The van der Waals surface area contributed by atoms with Crippen LogP contribution in [0.25, 0.3) is 0 Å². The van der Waals surface area contributed by atoms with Gasteiger partial charge in [-0.2, -0.15) is 0 Å². The van der Waals surface area contributed by atoms with E-state index in [1.54, 1.807) is 18.9 Å². The zero-order valence-corrected chi connectivity index (χ0v) is 20.5. The molecule has 0 unspecified atom stereocenters. The number of thioether (sulfide) groups is 1. The van der Waals surface area contributed by atoms with Crippen LogP contribution in [0.1, 0.15) is 52.6 Å². The number of amides is 1. The lowest BCUT2D eigenvalue weighted by molar-refractivity contribution is -0.141. The monoisotopic (exact) mass is 460 g/mol. The largest absolute Gasteiger partial charge is 0.493 e. The quantitative estimate of drug-likeness (QED) is 0.529. The molecule has 0 radical (unpaired) electrons. The van der Waals surface area contributed by atoms with Crippen LogP contribution in [0, 0.1) is 11.8 Å². The van der Waals surface area contributed by atoms with Crippen LogP contribution in [0.5, 0.6) is 11.5 Å². The predicted octanol–water partition coefficient (Wildman–Crippen LogP) is 4.58. The van der Waals surface area contributed by atoms with E-state index in [1.165, 1.54) is 11.8 Å². The van der Waals surface area contributed by atoms with Crippen LogP contribution >= 0.6 is 11.8 Å². The van der Waals surface area contributed by atoms with Gasteiger partial charge in [-0.1, -0.05) is 45.5 Å². The summed E-state index contributed by atoms with van der Waals surface area (Å²) in [5.74, 6) is 1.90. The highest BCUT2D eigenvalue weighted by Crippen LogP contribution is 2.42. The molecule has 1 aromatic rings. The summed E-state index contributed by atoms with van der Waals surface area (Å²) in [5, 5.41) is 0.614. The number of ether oxygens (including phenoxy) is 3. The number of amidine groups is 1. The number of esters is 1. The second kappa shape index (κ2) is 10.4. The Morgan fingerprint density at radius 1 is 1.19 bits per heavy atom. The number of carbonyl (C=O) groups excluding carboxylic acids is 2. The molecule has 1 saturated heterocycles. The summed E-state index contributed by atoms with van der Waals surface area (Å²) in [5.41, 5.74) is 1.69. The zero-order chi connectivity index (χ0) is 23.4. The van der Waals surface area contributed by atoms with E-state index in [0.29, 0.717) is 59.2 Å². The highest BCUT2D eigenvalue weighted by molar-refractivity contribution is 8.14. The minimum Gasteiger partial charge on any atom is -0.493 e. The Morgan fingerprint density at radius 3 is 2.56 bits per heavy atom. The topological polar surface area (TPSA) is 77.4 Å². The van der Waals surface area contributed by atoms with Gasteiger partial charge >= 0.3 is 5.97 Å². The molecule has 0 spiro atoms. The van der Waals surface area contributed by atoms with E-state index in [9.17, 15) is 9.59 Å². The third kappa shape index (κ3) is 5.28. The van der Waals surface area contributed by atoms with Crippen molar-refractivity contribution in [2.24, 2.45) is 16.8 Å². The van der Waals surface area contributed by atoms with Crippen molar-refractivity contribution in [3.63, 3.8) is 0 Å². The number of nitrogens with zero attached hydrogens (tertiary/aromatic N) is 2. The number of rotatable bonds is 8. The molecule has 3 rings (SSSR count). The van der Waals surface area contributed by atoms with Crippen molar-refractivity contribution < 1.29 is 23.8 Å². The van der Waals surface area contributed by atoms with Gasteiger partial charge in [0.1, 0.15) is 0 Å². The molecule has 0 aliphatic carbocycles. The molecule has 1 amide bonds. The molecular formula is C24H32N2O5S. The van der Waals surface area contributed by atoms with Crippen LogP contribution in [0.15, 0.2) is 34.5 Å². The summed E-state index contributed by atoms with van der Waals surface area (Å²) >= 11 is 1.52. The molecule has 2 aliphatic rings. The molecular weight excluding hydrogens is 428 g/mol. The Hall–Kier alpha value is -2.48. The fourth-order valence-electron chi connectivity index (χ4n) is 3.52. The molecule has 1 atom stereocenters. The van der Waals surface area contributed by atoms with Gasteiger partial charge in [0, 0.05) is 12.2 Å². The fourth-order valence-corrected chi connectivity index (χ4v) is 4.53. The lowest BCUT2D eigenvalue weighted by Crippen LogP contribution is -2.45. The van der Waals surface area contributed by atoms with Crippen molar-refractivity contribution in [3.8, 4) is 11.5 Å². The van der Waals surface area contributed by atoms with Crippen LogP contribution in [0.2, 0.25) is 0 Å². The summed E-state index contributed by atoms with van der Waals surface area (Å²) in [6.07, 6.45) is 0.389. The fraction of sp³-hybridized carbons (Fsp3) is 0.542. The third-order valence-electron chi connectivity index (χ3n) is 5.05. The lowest BCUT2D eigenvalue weighted by Gasteiger charge is -2.39. The van der Waals surface area contributed by atoms with E-state index in [2.05, 4.69) is 18.8 Å². The van der Waals surface area contributed by atoms with E-state index < -0.39 is 12.0 Å². The number of hydrogen-bond donors (Lipinski definition) is 0. The second-order valence-electron chi connectivity index (χ2n) is 8.77. The smallest absolute Gasteiger partial charge is 0.338 e. The van der Waals surface area contributed by atoms with Crippen molar-refractivity contribution in [2.45, 2.75) is 47.1 Å². The number of benzene rings is 1. The van der Waals surface area contributed by atoms with E-state index in [0.717, 1.165) is 5.56 Å². The van der Waals surface area contributed by atoms with Crippen molar-refractivity contribution in [3.05, 3.63) is 35.0 Å². The SMILES string of the molecule is COc1cc([C@@H]2C(C(=O)OCC(C)C)=C(C)N=C3SCCC(=O)N32)ccc1OCC(C)C. The summed E-state index contributed by atoms with van der Waals surface area (Å²) < 4.78 is 17.0. The number of carbonyl (C=O) groups is 2. The van der Waals surface area contributed by atoms with Crippen molar-refractivity contribution in [2.75, 3.05) is 26.1 Å². The summed E-state index contributed by atoms with van der Waals surface area (Å²) in [7, 11) is 1.58. The highest BCUT2D eigenvalue weighted by Gasteiger charge is 2.42. The standard InChI is InChI=1S/C24H32N2O5S/c1-14(2)12-30-18-8-7-17(11-19(18)29-6)22-21(23(28)31-13-15(3)4)16(5)25-24-26(22)20(27)9-10-32-24/h7-8,11,14-15,22H,9-10,12-13H2,1-6H3/t22-/m1/s1. The molecule has 0 bridgehead atoms. The first-order valence-electron chi connectivity index (χ1n) is 10.9. The van der Waals surface area contributed by atoms with Crippen LogP contribution in [0.4, 0.5) is 0 Å². The van der Waals surface area contributed by atoms with Gasteiger partial charge in [-0.3, -0.25) is 9.69 Å². The van der Waals surface area contributed by atoms with Gasteiger partial charge in [-0.05, 0) is 36.5 Å². The van der Waals surface area contributed by atoms with Crippen LogP contribution in [0.3, 0.4) is 0 Å². The molecule has 1 aromatic carbocycles. The van der Waals surface area contributed by atoms with Crippen molar-refractivity contribution in [1.29, 1.82) is 0 Å². The molecule has 2 aliphatic heterocycles. The van der Waals surface area contributed by atoms with Gasteiger partial charge in [0.2, 0.25) is 5.91 Å². The molecule has 7 nitrogen and oxygen atoms in total. The Kier molecular flexibility index (Phi) is 7.87.